The molecule has 0 fully saturated rings. The fourth-order valence-electron chi connectivity index (χ4n) is 11.2. The van der Waals surface area contributed by atoms with Crippen molar-refractivity contribution in [1.29, 1.82) is 0 Å². The molecule has 0 aliphatic rings. The topological polar surface area (TPSA) is 84.1 Å². The molecule has 1 aromatic heterocycles. The van der Waals surface area contributed by atoms with E-state index in [0.29, 0.717) is 46.1 Å². The molecule has 8 heteroatoms. The van der Waals surface area contributed by atoms with Crippen LogP contribution in [-0.2, 0) is 19.6 Å². The van der Waals surface area contributed by atoms with Gasteiger partial charge in [0.1, 0.15) is 47.7 Å². The number of aromatic amines is 1. The first-order valence-electron chi connectivity index (χ1n) is 34.6. The second kappa shape index (κ2) is 48.0. The maximum absolute atomic E-state index is 6.73. The van der Waals surface area contributed by atoms with Gasteiger partial charge in [-0.05, 0) is 92.6 Å². The summed E-state index contributed by atoms with van der Waals surface area (Å²) in [6.07, 6.45) is 52.8. The Hall–Kier alpha value is -4.33. The van der Waals surface area contributed by atoms with Gasteiger partial charge in [0.2, 0.25) is 0 Å². The van der Waals surface area contributed by atoms with Crippen LogP contribution in [0.25, 0.3) is 0 Å². The zero-order valence-corrected chi connectivity index (χ0v) is 53.8. The smallest absolute Gasteiger partial charge is 0.123 e. The maximum atomic E-state index is 6.73. The second-order valence-corrected chi connectivity index (χ2v) is 24.2. The third-order valence-corrected chi connectivity index (χ3v) is 16.4. The van der Waals surface area contributed by atoms with Crippen LogP contribution in [0.15, 0.2) is 54.6 Å². The summed E-state index contributed by atoms with van der Waals surface area (Å²) >= 11 is 0. The van der Waals surface area contributed by atoms with Crippen LogP contribution in [0, 0.1) is 13.8 Å². The lowest BCUT2D eigenvalue weighted by Gasteiger charge is -2.16. The SMILES string of the molecule is CCCCCCCCCCCCOc1cc(COc2cc(Cc3c(C)n[nH]c3C)cc(OCc3cc(OCCCCCCCCCCCC)cc(OCCCCCCCCCCCC)c3)c2)cc(OCCCCCCCCCCCC)c1. The van der Waals surface area contributed by atoms with Gasteiger partial charge in [-0.2, -0.15) is 5.10 Å². The summed E-state index contributed by atoms with van der Waals surface area (Å²) in [6, 6.07) is 19.0. The van der Waals surface area contributed by atoms with Crippen LogP contribution >= 0.6 is 0 Å². The molecule has 0 atom stereocenters. The standard InChI is InChI=1S/C74H122N2O6/c1-7-11-15-19-23-27-31-35-39-43-47-77-68-53-66(54-69(58-68)78-48-44-40-36-32-28-24-20-16-12-8-2)61-81-72-51-65(57-74-63(5)75-76-64(74)6)52-73(60-72)82-62-67-55-70(79-49-45-41-37-33-29-25-21-17-13-9-3)59-71(56-67)80-50-46-42-38-34-30-26-22-18-14-10-4/h51-56,58-60H,7-50,57,61-62H2,1-6H3,(H,75,76). The monoisotopic (exact) mass is 1130 g/mol. The fourth-order valence-corrected chi connectivity index (χ4v) is 11.2. The molecule has 0 spiro atoms. The third kappa shape index (κ3) is 34.4. The minimum Gasteiger partial charge on any atom is -0.493 e. The highest BCUT2D eigenvalue weighted by molar-refractivity contribution is 5.44. The van der Waals surface area contributed by atoms with Crippen molar-refractivity contribution in [1.82, 2.24) is 10.2 Å². The van der Waals surface area contributed by atoms with Gasteiger partial charge < -0.3 is 28.4 Å². The Morgan fingerprint density at radius 3 is 0.756 bits per heavy atom. The van der Waals surface area contributed by atoms with Gasteiger partial charge in [0.15, 0.2) is 0 Å². The fraction of sp³-hybridized carbons (Fsp3) is 0.716. The number of rotatable bonds is 56. The lowest BCUT2D eigenvalue weighted by molar-refractivity contribution is 0.276. The number of aryl methyl sites for hydroxylation is 2. The Morgan fingerprint density at radius 1 is 0.280 bits per heavy atom. The van der Waals surface area contributed by atoms with Gasteiger partial charge >= 0.3 is 0 Å². The predicted molar refractivity (Wildman–Crippen MR) is 348 cm³/mol. The molecule has 0 radical (unpaired) electrons. The molecule has 1 N–H and O–H groups in total. The number of nitrogens with zero attached hydrogens (tertiary/aromatic N) is 1. The van der Waals surface area contributed by atoms with Gasteiger partial charge in [-0.3, -0.25) is 5.10 Å². The summed E-state index contributed by atoms with van der Waals surface area (Å²) in [5, 5.41) is 7.71. The van der Waals surface area contributed by atoms with Crippen molar-refractivity contribution in [2.24, 2.45) is 0 Å². The van der Waals surface area contributed by atoms with Crippen LogP contribution in [0.4, 0.5) is 0 Å². The molecule has 0 saturated heterocycles. The van der Waals surface area contributed by atoms with Crippen molar-refractivity contribution < 1.29 is 28.4 Å². The second-order valence-electron chi connectivity index (χ2n) is 24.2. The number of unbranched alkanes of at least 4 members (excludes halogenated alkanes) is 36. The number of hydrogen-bond donors (Lipinski definition) is 1. The number of ether oxygens (including phenoxy) is 6. The molecule has 0 aliphatic heterocycles. The van der Waals surface area contributed by atoms with Gasteiger partial charge in [-0.1, -0.05) is 259 Å². The zero-order valence-electron chi connectivity index (χ0n) is 53.8. The Kier molecular flexibility index (Phi) is 41.0. The van der Waals surface area contributed by atoms with Crippen LogP contribution in [0.3, 0.4) is 0 Å². The van der Waals surface area contributed by atoms with E-state index in [9.17, 15) is 0 Å². The van der Waals surface area contributed by atoms with Crippen LogP contribution in [0.5, 0.6) is 34.5 Å². The Bertz CT molecular complexity index is 1900. The Balaban J connectivity index is 1.43. The van der Waals surface area contributed by atoms with E-state index >= 15 is 0 Å². The molecule has 8 nitrogen and oxygen atoms in total. The quantitative estimate of drug-likeness (QED) is 0.0441. The molecular weight excluding hydrogens is 1010 g/mol. The highest BCUT2D eigenvalue weighted by atomic mass is 16.5. The van der Waals surface area contributed by atoms with E-state index in [0.717, 1.165) is 88.3 Å². The molecule has 4 rings (SSSR count). The summed E-state index contributed by atoms with van der Waals surface area (Å²) in [4.78, 5) is 0. The van der Waals surface area contributed by atoms with Gasteiger partial charge in [-0.15, -0.1) is 0 Å². The summed E-state index contributed by atoms with van der Waals surface area (Å²) in [6.45, 7) is 16.9. The van der Waals surface area contributed by atoms with Crippen molar-refractivity contribution in [2.45, 2.75) is 318 Å². The predicted octanol–water partition coefficient (Wildman–Crippen LogP) is 23.0. The lowest BCUT2D eigenvalue weighted by atomic mass is 10.0. The minimum atomic E-state index is 0.370. The largest absolute Gasteiger partial charge is 0.493 e. The maximum Gasteiger partial charge on any atom is 0.123 e. The molecule has 1 heterocycles. The highest BCUT2D eigenvalue weighted by Crippen LogP contribution is 2.31. The normalized spacial score (nSPS) is 11.4. The van der Waals surface area contributed by atoms with E-state index < -0.39 is 0 Å². The first-order valence-corrected chi connectivity index (χ1v) is 34.6. The average molecular weight is 1140 g/mol. The molecule has 4 aromatic rings. The van der Waals surface area contributed by atoms with E-state index in [1.165, 1.54) is 237 Å². The summed E-state index contributed by atoms with van der Waals surface area (Å²) in [7, 11) is 0. The molecule has 0 bridgehead atoms. The van der Waals surface area contributed by atoms with Gasteiger partial charge in [0.25, 0.3) is 0 Å². The van der Waals surface area contributed by atoms with Gasteiger partial charge in [0, 0.05) is 35.9 Å². The number of nitrogens with one attached hydrogen (secondary N) is 1. The average Bonchev–Trinajstić information content (AvgIpc) is 3.81. The lowest BCUT2D eigenvalue weighted by Crippen LogP contribution is -2.04. The molecule has 3 aromatic carbocycles. The van der Waals surface area contributed by atoms with E-state index in [1.807, 2.05) is 6.07 Å². The van der Waals surface area contributed by atoms with Crippen molar-refractivity contribution in [3.63, 3.8) is 0 Å². The minimum absolute atomic E-state index is 0.370. The van der Waals surface area contributed by atoms with E-state index in [1.54, 1.807) is 0 Å². The summed E-state index contributed by atoms with van der Waals surface area (Å²) in [5.74, 6) is 4.90. The van der Waals surface area contributed by atoms with Crippen LogP contribution in [0.2, 0.25) is 0 Å². The van der Waals surface area contributed by atoms with Crippen molar-refractivity contribution in [3.8, 4) is 34.5 Å². The van der Waals surface area contributed by atoms with Crippen molar-refractivity contribution in [3.05, 3.63) is 88.2 Å². The van der Waals surface area contributed by atoms with Crippen molar-refractivity contribution in [2.75, 3.05) is 26.4 Å². The molecule has 0 unspecified atom stereocenters. The Labute approximate surface area is 503 Å². The Morgan fingerprint density at radius 2 is 0.512 bits per heavy atom. The molecule has 0 saturated carbocycles. The highest BCUT2D eigenvalue weighted by Gasteiger charge is 2.14. The molecule has 82 heavy (non-hydrogen) atoms. The first kappa shape index (κ1) is 70.2. The van der Waals surface area contributed by atoms with Gasteiger partial charge in [-0.25, -0.2) is 0 Å². The summed E-state index contributed by atoms with van der Waals surface area (Å²) in [5.41, 5.74) is 6.41. The number of H-pyrrole nitrogens is 1. The van der Waals surface area contributed by atoms with Crippen molar-refractivity contribution >= 4 is 0 Å². The molecular formula is C74H122N2O6. The number of benzene rings is 3. The zero-order chi connectivity index (χ0) is 58.2. The number of hydrogen-bond acceptors (Lipinski definition) is 7. The molecule has 464 valence electrons. The third-order valence-electron chi connectivity index (χ3n) is 16.4. The molecule has 0 amide bonds. The van der Waals surface area contributed by atoms with E-state index in [-0.39, 0.29) is 0 Å². The van der Waals surface area contributed by atoms with Crippen LogP contribution in [-0.4, -0.2) is 36.6 Å². The molecule has 0 aliphatic carbocycles. The van der Waals surface area contributed by atoms with Gasteiger partial charge in [0.05, 0.1) is 32.1 Å². The van der Waals surface area contributed by atoms with E-state index in [4.69, 9.17) is 28.4 Å². The van der Waals surface area contributed by atoms with Crippen LogP contribution in [0.1, 0.15) is 318 Å². The van der Waals surface area contributed by atoms with Crippen LogP contribution < -0.4 is 28.4 Å². The number of aromatic nitrogens is 2. The summed E-state index contributed by atoms with van der Waals surface area (Å²) < 4.78 is 39.3. The van der Waals surface area contributed by atoms with E-state index in [2.05, 4.69) is 100 Å². The first-order chi connectivity index (χ1) is 40.4.